The molecule has 8 heteroatoms. The van der Waals surface area contributed by atoms with Crippen LogP contribution in [0.1, 0.15) is 11.1 Å². The first-order valence-electron chi connectivity index (χ1n) is 6.62. The van der Waals surface area contributed by atoms with E-state index in [4.69, 9.17) is 5.73 Å². The SMILES string of the molecule is Cc1c(F)cc(CN)cc1S(=O)(=O)NCC1CSCCS1. The van der Waals surface area contributed by atoms with E-state index in [-0.39, 0.29) is 22.3 Å². The maximum atomic E-state index is 13.8. The Labute approximate surface area is 133 Å². The third-order valence-corrected chi connectivity index (χ3v) is 7.66. The molecule has 0 aliphatic carbocycles. The molecule has 1 aromatic carbocycles. The Bertz CT molecular complexity index is 602. The number of thioether (sulfide) groups is 2. The summed E-state index contributed by atoms with van der Waals surface area (Å²) in [6.07, 6.45) is 0. The molecule has 1 aromatic rings. The van der Waals surface area contributed by atoms with Gasteiger partial charge in [-0.25, -0.2) is 17.5 Å². The van der Waals surface area contributed by atoms with Gasteiger partial charge in [0, 0.05) is 41.2 Å². The van der Waals surface area contributed by atoms with Crippen molar-refractivity contribution in [2.45, 2.75) is 23.6 Å². The van der Waals surface area contributed by atoms with E-state index in [0.717, 1.165) is 17.3 Å². The van der Waals surface area contributed by atoms with Crippen molar-refractivity contribution >= 4 is 33.5 Å². The molecule has 0 saturated carbocycles. The highest BCUT2D eigenvalue weighted by molar-refractivity contribution is 8.06. The molecule has 1 fully saturated rings. The van der Waals surface area contributed by atoms with Crippen LogP contribution in [0, 0.1) is 12.7 Å². The molecule has 0 radical (unpaired) electrons. The number of nitrogens with two attached hydrogens (primary N) is 1. The average molecular weight is 351 g/mol. The summed E-state index contributed by atoms with van der Waals surface area (Å²) in [5.74, 6) is 2.54. The summed E-state index contributed by atoms with van der Waals surface area (Å²) in [7, 11) is -3.71. The summed E-state index contributed by atoms with van der Waals surface area (Å²) in [5.41, 5.74) is 6.09. The van der Waals surface area contributed by atoms with Gasteiger partial charge < -0.3 is 5.73 Å². The van der Waals surface area contributed by atoms with Gasteiger partial charge in [0.05, 0.1) is 4.90 Å². The lowest BCUT2D eigenvalue weighted by molar-refractivity contribution is 0.574. The molecule has 1 aliphatic heterocycles. The van der Waals surface area contributed by atoms with E-state index in [2.05, 4.69) is 4.72 Å². The molecule has 1 aliphatic rings. The Morgan fingerprint density at radius 3 is 2.81 bits per heavy atom. The van der Waals surface area contributed by atoms with E-state index in [1.807, 2.05) is 11.8 Å². The van der Waals surface area contributed by atoms with Gasteiger partial charge in [-0.3, -0.25) is 0 Å². The molecule has 4 nitrogen and oxygen atoms in total. The zero-order valence-electron chi connectivity index (χ0n) is 11.8. The molecule has 1 atom stereocenters. The fourth-order valence-electron chi connectivity index (χ4n) is 2.04. The molecule has 1 heterocycles. The van der Waals surface area contributed by atoms with E-state index in [0.29, 0.717) is 12.1 Å². The fourth-order valence-corrected chi connectivity index (χ4v) is 6.14. The molecule has 118 valence electrons. The standard InChI is InChI=1S/C13H19FN2O2S3/c1-9-12(14)4-10(6-15)5-13(9)21(17,18)16-7-11-8-19-2-3-20-11/h4-5,11,16H,2-3,6-8,15H2,1H3. The van der Waals surface area contributed by atoms with Gasteiger partial charge in [0.25, 0.3) is 0 Å². The molecule has 0 amide bonds. The second-order valence-electron chi connectivity index (χ2n) is 4.82. The lowest BCUT2D eigenvalue weighted by Crippen LogP contribution is -2.34. The number of sulfonamides is 1. The van der Waals surface area contributed by atoms with Crippen LogP contribution in [-0.4, -0.2) is 37.5 Å². The Kier molecular flexibility index (Phi) is 5.96. The van der Waals surface area contributed by atoms with Crippen molar-refractivity contribution in [3.8, 4) is 0 Å². The zero-order chi connectivity index (χ0) is 15.5. The van der Waals surface area contributed by atoms with Gasteiger partial charge >= 0.3 is 0 Å². The van der Waals surface area contributed by atoms with Crippen LogP contribution in [0.25, 0.3) is 0 Å². The quantitative estimate of drug-likeness (QED) is 0.846. The Morgan fingerprint density at radius 2 is 2.19 bits per heavy atom. The van der Waals surface area contributed by atoms with Gasteiger partial charge in [0.1, 0.15) is 5.82 Å². The molecule has 1 saturated heterocycles. The number of nitrogens with one attached hydrogen (secondary N) is 1. The minimum absolute atomic E-state index is 0.0172. The number of rotatable bonds is 5. The van der Waals surface area contributed by atoms with Gasteiger partial charge in [-0.15, -0.1) is 0 Å². The highest BCUT2D eigenvalue weighted by Crippen LogP contribution is 2.25. The van der Waals surface area contributed by atoms with Gasteiger partial charge in [-0.1, -0.05) is 0 Å². The summed E-state index contributed by atoms with van der Waals surface area (Å²) in [5, 5.41) is 0.265. The smallest absolute Gasteiger partial charge is 0.240 e. The first-order chi connectivity index (χ1) is 9.94. The normalized spacial score (nSPS) is 19.7. The summed E-state index contributed by atoms with van der Waals surface area (Å²) in [4.78, 5) is -0.0172. The predicted molar refractivity (Wildman–Crippen MR) is 87.8 cm³/mol. The van der Waals surface area contributed by atoms with Crippen LogP contribution in [-0.2, 0) is 16.6 Å². The number of benzene rings is 1. The first kappa shape index (κ1) is 17.1. The fraction of sp³-hybridized carbons (Fsp3) is 0.538. The van der Waals surface area contributed by atoms with Gasteiger partial charge in [0.2, 0.25) is 10.0 Å². The highest BCUT2D eigenvalue weighted by atomic mass is 32.2. The van der Waals surface area contributed by atoms with E-state index in [1.165, 1.54) is 19.1 Å². The zero-order valence-corrected chi connectivity index (χ0v) is 14.2. The molecule has 0 spiro atoms. The molecule has 21 heavy (non-hydrogen) atoms. The molecule has 1 unspecified atom stereocenters. The molecular formula is C13H19FN2O2S3. The molecule has 0 aromatic heterocycles. The van der Waals surface area contributed by atoms with Crippen LogP contribution in [0.15, 0.2) is 17.0 Å². The van der Waals surface area contributed by atoms with Crippen molar-refractivity contribution < 1.29 is 12.8 Å². The predicted octanol–water partition coefficient (Wildman–Crippen LogP) is 1.72. The Morgan fingerprint density at radius 1 is 1.43 bits per heavy atom. The number of halogens is 1. The van der Waals surface area contributed by atoms with Crippen molar-refractivity contribution in [2.75, 3.05) is 23.8 Å². The second-order valence-corrected chi connectivity index (χ2v) is 9.12. The van der Waals surface area contributed by atoms with Crippen molar-refractivity contribution in [2.24, 2.45) is 5.73 Å². The van der Waals surface area contributed by atoms with Gasteiger partial charge in [-0.2, -0.15) is 23.5 Å². The van der Waals surface area contributed by atoms with Crippen LogP contribution in [0.2, 0.25) is 0 Å². The van der Waals surface area contributed by atoms with Gasteiger partial charge in [-0.05, 0) is 24.6 Å². The van der Waals surface area contributed by atoms with E-state index < -0.39 is 15.8 Å². The third-order valence-electron chi connectivity index (χ3n) is 3.27. The summed E-state index contributed by atoms with van der Waals surface area (Å²) in [6.45, 7) is 1.94. The van der Waals surface area contributed by atoms with Crippen LogP contribution in [0.3, 0.4) is 0 Å². The number of hydrogen-bond donors (Lipinski definition) is 2. The minimum Gasteiger partial charge on any atom is -0.326 e. The maximum absolute atomic E-state index is 13.8. The molecule has 0 bridgehead atoms. The monoisotopic (exact) mass is 350 g/mol. The van der Waals surface area contributed by atoms with Crippen molar-refractivity contribution in [3.63, 3.8) is 0 Å². The molecular weight excluding hydrogens is 331 g/mol. The van der Waals surface area contributed by atoms with Gasteiger partial charge in [0.15, 0.2) is 0 Å². The van der Waals surface area contributed by atoms with E-state index >= 15 is 0 Å². The van der Waals surface area contributed by atoms with Crippen molar-refractivity contribution in [1.82, 2.24) is 4.72 Å². The van der Waals surface area contributed by atoms with Crippen LogP contribution in [0.4, 0.5) is 4.39 Å². The highest BCUT2D eigenvalue weighted by Gasteiger charge is 2.22. The van der Waals surface area contributed by atoms with Crippen molar-refractivity contribution in [1.29, 1.82) is 0 Å². The van der Waals surface area contributed by atoms with E-state index in [9.17, 15) is 12.8 Å². The van der Waals surface area contributed by atoms with E-state index in [1.54, 1.807) is 11.8 Å². The first-order valence-corrected chi connectivity index (χ1v) is 10.3. The van der Waals surface area contributed by atoms with Crippen LogP contribution < -0.4 is 10.5 Å². The summed E-state index contributed by atoms with van der Waals surface area (Å²) < 4.78 is 41.2. The largest absolute Gasteiger partial charge is 0.326 e. The lowest BCUT2D eigenvalue weighted by atomic mass is 10.1. The van der Waals surface area contributed by atoms with Crippen LogP contribution in [0.5, 0.6) is 0 Å². The number of hydrogen-bond acceptors (Lipinski definition) is 5. The topological polar surface area (TPSA) is 72.2 Å². The maximum Gasteiger partial charge on any atom is 0.240 e. The molecule has 2 rings (SSSR count). The third kappa shape index (κ3) is 4.35. The summed E-state index contributed by atoms with van der Waals surface area (Å²) in [6, 6.07) is 2.73. The molecule has 3 N–H and O–H groups in total. The second kappa shape index (κ2) is 7.32. The lowest BCUT2D eigenvalue weighted by Gasteiger charge is -2.21. The van der Waals surface area contributed by atoms with Crippen LogP contribution >= 0.6 is 23.5 Å². The Hall–Kier alpha value is -0.280. The average Bonchev–Trinajstić information content (AvgIpc) is 2.48. The summed E-state index contributed by atoms with van der Waals surface area (Å²) >= 11 is 3.60. The Balaban J connectivity index is 2.16. The van der Waals surface area contributed by atoms with Crippen molar-refractivity contribution in [3.05, 3.63) is 29.1 Å². The minimum atomic E-state index is -3.71.